The van der Waals surface area contributed by atoms with Crippen LogP contribution in [-0.4, -0.2) is 9.13 Å². The van der Waals surface area contributed by atoms with Crippen LogP contribution in [0.1, 0.15) is 11.1 Å². The largest absolute Gasteiger partial charge is 0.456 e. The Hall–Kier alpha value is -9.74. The summed E-state index contributed by atoms with van der Waals surface area (Å²) < 4.78 is 41.6. The smallest absolute Gasteiger partial charge is 0.174 e. The van der Waals surface area contributed by atoms with Gasteiger partial charge in [0.25, 0.3) is 0 Å². The van der Waals surface area contributed by atoms with E-state index in [0.29, 0.717) is 33.2 Å². The van der Waals surface area contributed by atoms with Gasteiger partial charge >= 0.3 is 0 Å². The Morgan fingerprint density at radius 3 is 1.01 bits per heavy atom. The van der Waals surface area contributed by atoms with E-state index < -0.39 is 14.3 Å². The molecule has 7 nitrogen and oxygen atoms in total. The summed E-state index contributed by atoms with van der Waals surface area (Å²) in [7, 11) is -6.63. The number of para-hydroxylation sites is 4. The molecule has 0 fully saturated rings. The van der Waals surface area contributed by atoms with E-state index in [2.05, 4.69) is 94.1 Å². The lowest BCUT2D eigenvalue weighted by molar-refractivity contribution is 0.489. The molecule has 0 saturated carbocycles. The molecule has 0 amide bonds. The molecular weight excluding hydrogens is 983 g/mol. The Balaban J connectivity index is 0.000000156. The summed E-state index contributed by atoms with van der Waals surface area (Å²) in [5.41, 5.74) is 7.61. The fraction of sp³-hybridized carbons (Fsp3) is 0. The number of hydrogen-bond donors (Lipinski definition) is 0. The fourth-order valence-corrected chi connectivity index (χ4v) is 16.1. The Labute approximate surface area is 446 Å². The van der Waals surface area contributed by atoms with Gasteiger partial charge in [-0.2, -0.15) is 10.5 Å². The fourth-order valence-electron chi connectivity index (χ4n) is 10.5. The minimum absolute atomic E-state index is 0.462. The third kappa shape index (κ3) is 8.61. The highest BCUT2D eigenvalue weighted by atomic mass is 31.2. The second-order valence-corrected chi connectivity index (χ2v) is 24.0. The lowest BCUT2D eigenvalue weighted by Gasteiger charge is -2.25. The van der Waals surface area contributed by atoms with Gasteiger partial charge < -0.3 is 23.0 Å². The van der Waals surface area contributed by atoms with Gasteiger partial charge in [-0.05, 0) is 91.0 Å². The van der Waals surface area contributed by atoms with Gasteiger partial charge in [-0.3, -0.25) is 0 Å². The minimum Gasteiger partial charge on any atom is -0.456 e. The second kappa shape index (κ2) is 20.5. The van der Waals surface area contributed by atoms with Crippen molar-refractivity contribution >= 4 is 89.7 Å². The molecule has 13 aromatic rings. The molecule has 0 aliphatic carbocycles. The van der Waals surface area contributed by atoms with E-state index in [1.165, 1.54) is 10.8 Å². The van der Waals surface area contributed by atoms with E-state index in [4.69, 9.17) is 4.74 Å². The van der Waals surface area contributed by atoms with Crippen LogP contribution in [0.2, 0.25) is 0 Å². The van der Waals surface area contributed by atoms with Crippen molar-refractivity contribution in [3.8, 4) is 35.0 Å². The van der Waals surface area contributed by atoms with Gasteiger partial charge in [0, 0.05) is 54.1 Å². The Morgan fingerprint density at radius 2 is 0.636 bits per heavy atom. The molecule has 11 aromatic carbocycles. The predicted molar refractivity (Wildman–Crippen MR) is 316 cm³/mol. The van der Waals surface area contributed by atoms with Crippen LogP contribution in [0.25, 0.3) is 55.0 Å². The first-order valence-corrected chi connectivity index (χ1v) is 28.6. The van der Waals surface area contributed by atoms with Crippen LogP contribution in [0, 0.1) is 22.7 Å². The number of nitriles is 2. The van der Waals surface area contributed by atoms with Crippen molar-refractivity contribution in [3.63, 3.8) is 0 Å². The van der Waals surface area contributed by atoms with Crippen LogP contribution in [0.15, 0.2) is 279 Å². The third-order valence-electron chi connectivity index (χ3n) is 14.1. The van der Waals surface area contributed by atoms with Crippen molar-refractivity contribution in [1.82, 2.24) is 9.13 Å². The standard InChI is InChI=1S/C36H28O3P2.C32H18N4/c37-40(29-17-5-1-6-18-29,30-19-7-2-8-20-30)35-27-15-13-25-33(35)39-34-26-14-16-28-36(34)41(38,31-21-9-3-10-22-31)32-23-11-4-12-24-32;33-19-21-12-14-31-27(16-21)28-17-22(20-34)13-15-32(28)36(31)24-7-5-6-23(18-24)35-29-10-3-1-8-25(29)26-9-2-4-11-30(26)35/h1-28H;1-18H. The van der Waals surface area contributed by atoms with Crippen molar-refractivity contribution in [1.29, 1.82) is 10.5 Å². The first-order valence-electron chi connectivity index (χ1n) is 25.2. The molecule has 0 atom stereocenters. The van der Waals surface area contributed by atoms with E-state index in [1.807, 2.05) is 206 Å². The number of fused-ring (bicyclic) bond motifs is 6. The maximum absolute atomic E-state index is 15.2. The molecule has 0 N–H and O–H groups in total. The molecule has 0 aliphatic rings. The number of nitrogens with zero attached hydrogens (tertiary/aromatic N) is 4. The molecule has 0 aliphatic heterocycles. The summed E-state index contributed by atoms with van der Waals surface area (Å²) in [5, 5.41) is 27.4. The number of rotatable bonds is 10. The summed E-state index contributed by atoms with van der Waals surface area (Å²) in [5.74, 6) is 0.923. The maximum Gasteiger partial charge on any atom is 0.174 e. The zero-order chi connectivity index (χ0) is 52.3. The van der Waals surface area contributed by atoms with Gasteiger partial charge in [0.1, 0.15) is 11.5 Å². The van der Waals surface area contributed by atoms with Gasteiger partial charge in [0.05, 0.1) is 55.9 Å². The number of benzene rings is 11. The molecule has 77 heavy (non-hydrogen) atoms. The van der Waals surface area contributed by atoms with Crippen molar-refractivity contribution in [3.05, 3.63) is 290 Å². The summed E-state index contributed by atoms with van der Waals surface area (Å²) in [6.45, 7) is 0. The summed E-state index contributed by atoms with van der Waals surface area (Å²) >= 11 is 0. The summed E-state index contributed by atoms with van der Waals surface area (Å²) in [4.78, 5) is 0. The quantitative estimate of drug-likeness (QED) is 0.127. The Bertz CT molecular complexity index is 4170. The molecule has 2 aromatic heterocycles. The second-order valence-electron chi connectivity index (χ2n) is 18.5. The Kier molecular flexibility index (Phi) is 12.9. The topological polar surface area (TPSA) is 101 Å². The predicted octanol–water partition coefficient (Wildman–Crippen LogP) is 14.4. The monoisotopic (exact) mass is 1030 g/mol. The third-order valence-corrected chi connectivity index (χ3v) is 20.3. The average Bonchev–Trinajstić information content (AvgIpc) is 4.16. The highest BCUT2D eigenvalue weighted by Crippen LogP contribution is 2.48. The minimum atomic E-state index is -3.32. The van der Waals surface area contributed by atoms with Gasteiger partial charge in [-0.15, -0.1) is 0 Å². The lowest BCUT2D eigenvalue weighted by Crippen LogP contribution is -2.27. The van der Waals surface area contributed by atoms with Crippen LogP contribution in [0.4, 0.5) is 0 Å². The number of ether oxygens (including phenoxy) is 1. The van der Waals surface area contributed by atoms with Gasteiger partial charge in [0.2, 0.25) is 0 Å². The van der Waals surface area contributed by atoms with Crippen LogP contribution >= 0.6 is 14.3 Å². The van der Waals surface area contributed by atoms with E-state index in [1.54, 1.807) is 0 Å². The SMILES string of the molecule is N#Cc1ccc2c(c1)c1cc(C#N)ccc1n2-c1cccc(-n2c3ccccc3c3ccccc32)c1.O=P(c1ccccc1)(c1ccccc1)c1ccccc1Oc1ccccc1P(=O)(c1ccccc1)c1ccccc1. The number of hydrogen-bond acceptors (Lipinski definition) is 5. The van der Waals surface area contributed by atoms with Gasteiger partial charge in [-0.1, -0.05) is 188 Å². The summed E-state index contributed by atoms with van der Waals surface area (Å²) in [6, 6.07) is 94.5. The van der Waals surface area contributed by atoms with Crippen molar-refractivity contribution in [2.75, 3.05) is 0 Å². The molecule has 2 heterocycles. The van der Waals surface area contributed by atoms with Crippen molar-refractivity contribution in [2.45, 2.75) is 0 Å². The molecule has 0 spiro atoms. The molecule has 9 heteroatoms. The zero-order valence-electron chi connectivity index (χ0n) is 41.5. The van der Waals surface area contributed by atoms with Crippen LogP contribution in [-0.2, 0) is 9.13 Å². The van der Waals surface area contributed by atoms with E-state index >= 15 is 9.13 Å². The molecule has 0 bridgehead atoms. The molecule has 0 unspecified atom stereocenters. The van der Waals surface area contributed by atoms with Gasteiger partial charge in [0.15, 0.2) is 14.3 Å². The Morgan fingerprint density at radius 1 is 0.312 bits per heavy atom. The lowest BCUT2D eigenvalue weighted by atomic mass is 10.1. The van der Waals surface area contributed by atoms with E-state index in [9.17, 15) is 10.5 Å². The molecule has 13 rings (SSSR count). The van der Waals surface area contributed by atoms with E-state index in [-0.39, 0.29) is 0 Å². The van der Waals surface area contributed by atoms with Crippen LogP contribution in [0.5, 0.6) is 11.5 Å². The van der Waals surface area contributed by atoms with Crippen molar-refractivity contribution in [2.24, 2.45) is 0 Å². The van der Waals surface area contributed by atoms with Crippen LogP contribution < -0.4 is 36.6 Å². The number of aromatic nitrogens is 2. The average molecular weight is 1030 g/mol. The highest BCUT2D eigenvalue weighted by Gasteiger charge is 2.35. The highest BCUT2D eigenvalue weighted by molar-refractivity contribution is 7.86. The molecule has 0 radical (unpaired) electrons. The molecule has 0 saturated heterocycles. The van der Waals surface area contributed by atoms with Crippen LogP contribution in [0.3, 0.4) is 0 Å². The molecular formula is C68H46N4O3P2. The van der Waals surface area contributed by atoms with E-state index in [0.717, 1.165) is 65.4 Å². The normalized spacial score (nSPS) is 11.5. The maximum atomic E-state index is 15.2. The van der Waals surface area contributed by atoms with Crippen molar-refractivity contribution < 1.29 is 13.9 Å². The first kappa shape index (κ1) is 48.2. The summed E-state index contributed by atoms with van der Waals surface area (Å²) in [6.07, 6.45) is 0. The zero-order valence-corrected chi connectivity index (χ0v) is 43.3. The first-order chi connectivity index (χ1) is 37.9. The molecule has 366 valence electrons. The van der Waals surface area contributed by atoms with Gasteiger partial charge in [-0.25, -0.2) is 0 Å².